The van der Waals surface area contributed by atoms with Crippen LogP contribution in [0.5, 0.6) is 0 Å². The second-order valence-corrected chi connectivity index (χ2v) is 7.24. The summed E-state index contributed by atoms with van der Waals surface area (Å²) in [5.41, 5.74) is 0.669. The van der Waals surface area contributed by atoms with Gasteiger partial charge in [0.25, 0.3) is 0 Å². The van der Waals surface area contributed by atoms with Gasteiger partial charge >= 0.3 is 0 Å². The van der Waals surface area contributed by atoms with E-state index in [1.165, 1.54) is 6.07 Å². The molecule has 3 fully saturated rings. The molecule has 0 aromatic heterocycles. The summed E-state index contributed by atoms with van der Waals surface area (Å²) in [6, 6.07) is 3.33. The maximum atomic E-state index is 14.2. The number of carbonyl (C=O) groups is 1. The van der Waals surface area contributed by atoms with Crippen LogP contribution in [0, 0.1) is 17.2 Å². The maximum Gasteiger partial charge on any atom is 0.230 e. The Kier molecular flexibility index (Phi) is 3.27. The quantitative estimate of drug-likeness (QED) is 0.864. The summed E-state index contributed by atoms with van der Waals surface area (Å²) in [7, 11) is 0. The fraction of sp³-hybridized carbons (Fsp3) is 0.533. The molecule has 3 saturated carbocycles. The van der Waals surface area contributed by atoms with E-state index in [9.17, 15) is 9.18 Å². The minimum Gasteiger partial charge on any atom is -0.381 e. The topological polar surface area (TPSA) is 41.1 Å². The maximum absolute atomic E-state index is 14.2. The highest BCUT2D eigenvalue weighted by atomic mass is 79.9. The first-order valence-electron chi connectivity index (χ1n) is 6.97. The third kappa shape index (κ3) is 2.22. The van der Waals surface area contributed by atoms with E-state index >= 15 is 0 Å². The second-order valence-electron chi connectivity index (χ2n) is 6.32. The zero-order valence-corrected chi connectivity index (χ0v) is 13.2. The number of anilines is 2. The molecule has 20 heavy (non-hydrogen) atoms. The van der Waals surface area contributed by atoms with Crippen LogP contribution in [-0.2, 0) is 4.79 Å². The summed E-state index contributed by atoms with van der Waals surface area (Å²) in [5, 5.41) is 5.97. The van der Waals surface area contributed by atoms with Gasteiger partial charge in [0.05, 0.1) is 11.1 Å². The first-order valence-corrected chi connectivity index (χ1v) is 7.76. The summed E-state index contributed by atoms with van der Waals surface area (Å²) in [5.74, 6) is 0.277. The summed E-state index contributed by atoms with van der Waals surface area (Å²) in [6.07, 6.45) is 2.89. The summed E-state index contributed by atoms with van der Waals surface area (Å²) in [6.45, 7) is 3.96. The minimum absolute atomic E-state index is 0.0342. The van der Waals surface area contributed by atoms with Gasteiger partial charge < -0.3 is 10.6 Å². The minimum atomic E-state index is -0.414. The molecule has 2 N–H and O–H groups in total. The van der Waals surface area contributed by atoms with Crippen LogP contribution in [0.3, 0.4) is 0 Å². The Morgan fingerprint density at radius 3 is 2.55 bits per heavy atom. The lowest BCUT2D eigenvalue weighted by atomic mass is 9.44. The second kappa shape index (κ2) is 4.72. The summed E-state index contributed by atoms with van der Waals surface area (Å²) in [4.78, 5) is 12.3. The molecule has 1 aromatic carbocycles. The molecule has 108 valence electrons. The molecule has 2 bridgehead atoms. The number of nitrogens with one attached hydrogen (secondary N) is 2. The van der Waals surface area contributed by atoms with Gasteiger partial charge in [-0.25, -0.2) is 4.39 Å². The lowest BCUT2D eigenvalue weighted by molar-refractivity contribution is -0.158. The van der Waals surface area contributed by atoms with E-state index in [4.69, 9.17) is 0 Å². The molecule has 5 heteroatoms. The van der Waals surface area contributed by atoms with E-state index in [1.807, 2.05) is 13.8 Å². The molecule has 0 atom stereocenters. The van der Waals surface area contributed by atoms with Gasteiger partial charge in [0.1, 0.15) is 11.5 Å². The zero-order valence-electron chi connectivity index (χ0n) is 11.6. The first kappa shape index (κ1) is 13.9. The van der Waals surface area contributed by atoms with Crippen LogP contribution in [0.1, 0.15) is 33.1 Å². The zero-order chi connectivity index (χ0) is 14.5. The van der Waals surface area contributed by atoms with Gasteiger partial charge in [0, 0.05) is 10.5 Å². The third-order valence-corrected chi connectivity index (χ3v) is 4.72. The molecule has 1 amide bonds. The van der Waals surface area contributed by atoms with Gasteiger partial charge in [0.2, 0.25) is 5.91 Å². The Balaban J connectivity index is 1.85. The Hall–Kier alpha value is -1.10. The molecule has 3 nitrogen and oxygen atoms in total. The Bertz CT molecular complexity index is 556. The van der Waals surface area contributed by atoms with Crippen LogP contribution in [0.2, 0.25) is 0 Å². The van der Waals surface area contributed by atoms with Crippen LogP contribution < -0.4 is 10.6 Å². The van der Waals surface area contributed by atoms with Crippen molar-refractivity contribution in [2.45, 2.75) is 39.2 Å². The van der Waals surface area contributed by atoms with Crippen molar-refractivity contribution >= 4 is 33.2 Å². The smallest absolute Gasteiger partial charge is 0.230 e. The number of rotatable bonds is 4. The van der Waals surface area contributed by atoms with Crippen molar-refractivity contribution < 1.29 is 9.18 Å². The molecule has 0 unspecified atom stereocenters. The molecule has 1 aromatic rings. The Morgan fingerprint density at radius 2 is 2.05 bits per heavy atom. The van der Waals surface area contributed by atoms with Crippen LogP contribution in [0.15, 0.2) is 16.6 Å². The van der Waals surface area contributed by atoms with Gasteiger partial charge in [-0.15, -0.1) is 0 Å². The highest BCUT2D eigenvalue weighted by molar-refractivity contribution is 9.10. The van der Waals surface area contributed by atoms with Gasteiger partial charge in [-0.2, -0.15) is 0 Å². The van der Waals surface area contributed by atoms with Crippen molar-refractivity contribution in [3.63, 3.8) is 0 Å². The number of halogens is 2. The van der Waals surface area contributed by atoms with Crippen LogP contribution in [0.4, 0.5) is 15.8 Å². The lowest BCUT2D eigenvalue weighted by Gasteiger charge is -2.60. The molecular formula is C15H18BrFN2O. The predicted octanol–water partition coefficient (Wildman–Crippen LogP) is 4.15. The van der Waals surface area contributed by atoms with Crippen molar-refractivity contribution in [2.75, 3.05) is 10.6 Å². The fourth-order valence-electron chi connectivity index (χ4n) is 3.13. The van der Waals surface area contributed by atoms with E-state index in [0.29, 0.717) is 10.2 Å². The summed E-state index contributed by atoms with van der Waals surface area (Å²) < 4.78 is 14.8. The molecule has 3 aliphatic rings. The highest BCUT2D eigenvalue weighted by Gasteiger charge is 2.61. The van der Waals surface area contributed by atoms with E-state index < -0.39 is 5.82 Å². The molecule has 0 aliphatic heterocycles. The Labute approximate surface area is 126 Å². The molecule has 0 radical (unpaired) electrons. The molecule has 0 saturated heterocycles. The number of benzene rings is 1. The molecule has 0 heterocycles. The lowest BCUT2D eigenvalue weighted by Crippen LogP contribution is -2.58. The van der Waals surface area contributed by atoms with Gasteiger partial charge in [-0.05, 0) is 51.2 Å². The van der Waals surface area contributed by atoms with Crippen molar-refractivity contribution in [3.8, 4) is 0 Å². The Morgan fingerprint density at radius 1 is 1.40 bits per heavy atom. The number of amides is 1. The predicted molar refractivity (Wildman–Crippen MR) is 81.3 cm³/mol. The highest BCUT2D eigenvalue weighted by Crippen LogP contribution is 2.64. The standard InChI is InChI=1S/C15H18BrFN2O/c1-8(2)18-12-4-10(16)3-11(17)13(12)19-14(20)15-5-9(6-15)7-15/h3-4,8-9,18H,5-7H2,1-2H3,(H,19,20). The molecule has 4 rings (SSSR count). The largest absolute Gasteiger partial charge is 0.381 e. The average Bonchev–Trinajstić information content (AvgIpc) is 2.17. The van der Waals surface area contributed by atoms with Crippen molar-refractivity contribution in [1.82, 2.24) is 0 Å². The number of hydrogen-bond acceptors (Lipinski definition) is 2. The van der Waals surface area contributed by atoms with E-state index in [0.717, 1.165) is 25.2 Å². The number of hydrogen-bond donors (Lipinski definition) is 2. The molecular weight excluding hydrogens is 323 g/mol. The van der Waals surface area contributed by atoms with Crippen LogP contribution in [0.25, 0.3) is 0 Å². The van der Waals surface area contributed by atoms with Gasteiger partial charge in [-0.3, -0.25) is 4.79 Å². The third-order valence-electron chi connectivity index (χ3n) is 4.26. The fourth-order valence-corrected chi connectivity index (χ4v) is 3.56. The van der Waals surface area contributed by atoms with E-state index in [2.05, 4.69) is 26.6 Å². The van der Waals surface area contributed by atoms with Crippen LogP contribution in [-0.4, -0.2) is 11.9 Å². The van der Waals surface area contributed by atoms with Crippen molar-refractivity contribution in [2.24, 2.45) is 11.3 Å². The van der Waals surface area contributed by atoms with Gasteiger partial charge in [0.15, 0.2) is 0 Å². The first-order chi connectivity index (χ1) is 9.39. The van der Waals surface area contributed by atoms with Crippen LogP contribution >= 0.6 is 15.9 Å². The van der Waals surface area contributed by atoms with Crippen molar-refractivity contribution in [1.29, 1.82) is 0 Å². The number of carbonyl (C=O) groups excluding carboxylic acids is 1. The molecule has 0 spiro atoms. The van der Waals surface area contributed by atoms with E-state index in [1.54, 1.807) is 6.07 Å². The molecule has 3 aliphatic carbocycles. The summed E-state index contributed by atoms with van der Waals surface area (Å²) >= 11 is 3.28. The van der Waals surface area contributed by atoms with Gasteiger partial charge in [-0.1, -0.05) is 15.9 Å². The van der Waals surface area contributed by atoms with E-state index in [-0.39, 0.29) is 23.1 Å². The monoisotopic (exact) mass is 340 g/mol. The SMILES string of the molecule is CC(C)Nc1cc(Br)cc(F)c1NC(=O)C12CC(C1)C2. The normalized spacial score (nSPS) is 26.8. The van der Waals surface area contributed by atoms with Crippen molar-refractivity contribution in [3.05, 3.63) is 22.4 Å². The average molecular weight is 341 g/mol.